The minimum atomic E-state index is -0.377. The first-order chi connectivity index (χ1) is 10.2. The van der Waals surface area contributed by atoms with Gasteiger partial charge in [-0.1, -0.05) is 6.92 Å². The lowest BCUT2D eigenvalue weighted by Gasteiger charge is -2.40. The molecule has 2 aromatic heterocycles. The van der Waals surface area contributed by atoms with Gasteiger partial charge < -0.3 is 4.90 Å². The summed E-state index contributed by atoms with van der Waals surface area (Å²) in [6, 6.07) is 5.73. The molecule has 1 aliphatic carbocycles. The van der Waals surface area contributed by atoms with Crippen LogP contribution < -0.4 is 4.90 Å². The fourth-order valence-corrected chi connectivity index (χ4v) is 3.02. The van der Waals surface area contributed by atoms with Gasteiger partial charge in [-0.15, -0.1) is 0 Å². The van der Waals surface area contributed by atoms with E-state index in [4.69, 9.17) is 0 Å². The van der Waals surface area contributed by atoms with Crippen molar-refractivity contribution >= 4 is 5.82 Å². The number of aryl methyl sites for hydroxylation is 1. The summed E-state index contributed by atoms with van der Waals surface area (Å²) in [5.41, 5.74) is 2.17. The minimum Gasteiger partial charge on any atom is -0.355 e. The number of anilines is 1. The second-order valence-corrected chi connectivity index (χ2v) is 6.33. The summed E-state index contributed by atoms with van der Waals surface area (Å²) >= 11 is 0. The zero-order valence-electron chi connectivity index (χ0n) is 12.2. The Morgan fingerprint density at radius 1 is 1.24 bits per heavy atom. The van der Waals surface area contributed by atoms with Gasteiger partial charge in [-0.05, 0) is 37.5 Å². The van der Waals surface area contributed by atoms with E-state index in [1.165, 1.54) is 12.8 Å². The molecule has 0 radical (unpaired) electrons. The fourth-order valence-electron chi connectivity index (χ4n) is 3.02. The molecular formula is C16H19FN4. The molecular weight excluding hydrogens is 267 g/mol. The number of halogens is 1. The van der Waals surface area contributed by atoms with Gasteiger partial charge in [0.05, 0.1) is 12.2 Å². The summed E-state index contributed by atoms with van der Waals surface area (Å²) in [5, 5.41) is 4.39. The highest BCUT2D eigenvalue weighted by Crippen LogP contribution is 2.53. The van der Waals surface area contributed by atoms with Crippen LogP contribution in [-0.4, -0.2) is 27.9 Å². The summed E-state index contributed by atoms with van der Waals surface area (Å²) in [4.78, 5) is 6.30. The molecule has 4 rings (SSSR count). The highest BCUT2D eigenvalue weighted by molar-refractivity contribution is 5.45. The van der Waals surface area contributed by atoms with Crippen molar-refractivity contribution < 1.29 is 4.39 Å². The number of hydrogen-bond acceptors (Lipinski definition) is 3. The molecule has 0 bridgehead atoms. The average Bonchev–Trinajstić information content (AvgIpc) is 3.13. The normalized spacial score (nSPS) is 18.9. The summed E-state index contributed by atoms with van der Waals surface area (Å²) in [7, 11) is 0. The number of rotatable bonds is 4. The van der Waals surface area contributed by atoms with Crippen LogP contribution in [0.5, 0.6) is 0 Å². The largest absolute Gasteiger partial charge is 0.355 e. The monoisotopic (exact) mass is 286 g/mol. The van der Waals surface area contributed by atoms with Crippen molar-refractivity contribution in [3.05, 3.63) is 41.6 Å². The molecule has 4 nitrogen and oxygen atoms in total. The molecule has 1 saturated carbocycles. The van der Waals surface area contributed by atoms with Gasteiger partial charge in [-0.2, -0.15) is 9.49 Å². The minimum absolute atomic E-state index is 0.377. The van der Waals surface area contributed by atoms with E-state index in [1.807, 2.05) is 24.4 Å². The van der Waals surface area contributed by atoms with Gasteiger partial charge in [0, 0.05) is 30.3 Å². The first-order valence-corrected chi connectivity index (χ1v) is 7.60. The van der Waals surface area contributed by atoms with Gasteiger partial charge in [0.1, 0.15) is 5.82 Å². The van der Waals surface area contributed by atoms with Gasteiger partial charge in [0.15, 0.2) is 0 Å². The van der Waals surface area contributed by atoms with E-state index in [-0.39, 0.29) is 5.95 Å². The highest BCUT2D eigenvalue weighted by atomic mass is 19.1. The van der Waals surface area contributed by atoms with E-state index in [9.17, 15) is 4.39 Å². The smallest absolute Gasteiger partial charge is 0.219 e. The summed E-state index contributed by atoms with van der Waals surface area (Å²) in [5.74, 6) is 0.390. The van der Waals surface area contributed by atoms with Crippen molar-refractivity contribution in [3.8, 4) is 0 Å². The molecule has 2 aliphatic rings. The predicted molar refractivity (Wildman–Crippen MR) is 78.8 cm³/mol. The predicted octanol–water partition coefficient (Wildman–Crippen LogP) is 2.63. The van der Waals surface area contributed by atoms with Crippen LogP contribution in [0.25, 0.3) is 0 Å². The molecule has 1 aliphatic heterocycles. The van der Waals surface area contributed by atoms with Crippen molar-refractivity contribution in [2.24, 2.45) is 5.41 Å². The van der Waals surface area contributed by atoms with Crippen molar-refractivity contribution in [1.29, 1.82) is 0 Å². The molecule has 0 N–H and O–H groups in total. The molecule has 0 aromatic carbocycles. The molecule has 1 saturated heterocycles. The van der Waals surface area contributed by atoms with Crippen LogP contribution in [0.2, 0.25) is 0 Å². The lowest BCUT2D eigenvalue weighted by atomic mass is 9.97. The lowest BCUT2D eigenvalue weighted by Crippen LogP contribution is -2.48. The standard InChI is InChI=1S/C16H19FN4/c1-2-13-5-8-21(19-13)9-12-3-4-14(18-15(12)17)20-10-16(11-20)6-7-16/h3-5,8H,2,6-7,9-11H2,1H3. The Morgan fingerprint density at radius 2 is 2.05 bits per heavy atom. The van der Waals surface area contributed by atoms with E-state index < -0.39 is 0 Å². The van der Waals surface area contributed by atoms with Crippen LogP contribution >= 0.6 is 0 Å². The number of pyridine rings is 1. The Morgan fingerprint density at radius 3 is 2.67 bits per heavy atom. The number of nitrogens with zero attached hydrogens (tertiary/aromatic N) is 4. The van der Waals surface area contributed by atoms with Crippen molar-refractivity contribution in [2.45, 2.75) is 32.7 Å². The van der Waals surface area contributed by atoms with Gasteiger partial charge in [-0.3, -0.25) is 4.68 Å². The number of aromatic nitrogens is 3. The molecule has 0 unspecified atom stereocenters. The van der Waals surface area contributed by atoms with Crippen molar-refractivity contribution in [2.75, 3.05) is 18.0 Å². The fraction of sp³-hybridized carbons (Fsp3) is 0.500. The average molecular weight is 286 g/mol. The molecule has 1 spiro atoms. The molecule has 110 valence electrons. The van der Waals surface area contributed by atoms with Crippen LogP contribution in [-0.2, 0) is 13.0 Å². The molecule has 0 atom stereocenters. The van der Waals surface area contributed by atoms with E-state index in [1.54, 1.807) is 4.68 Å². The van der Waals surface area contributed by atoms with E-state index in [0.29, 0.717) is 17.5 Å². The highest BCUT2D eigenvalue weighted by Gasteiger charge is 2.52. The third-order valence-electron chi connectivity index (χ3n) is 4.64. The first kappa shape index (κ1) is 12.8. The zero-order valence-corrected chi connectivity index (χ0v) is 12.2. The van der Waals surface area contributed by atoms with Crippen LogP contribution in [0.1, 0.15) is 31.0 Å². The van der Waals surface area contributed by atoms with Gasteiger partial charge in [0.25, 0.3) is 0 Å². The van der Waals surface area contributed by atoms with Crippen LogP contribution in [0.4, 0.5) is 10.2 Å². The molecule has 5 heteroatoms. The quantitative estimate of drug-likeness (QED) is 0.810. The van der Waals surface area contributed by atoms with E-state index in [0.717, 1.165) is 31.0 Å². The summed E-state index contributed by atoms with van der Waals surface area (Å²) in [6.07, 6.45) is 5.42. The van der Waals surface area contributed by atoms with Gasteiger partial charge in [0.2, 0.25) is 5.95 Å². The van der Waals surface area contributed by atoms with Crippen LogP contribution in [0, 0.1) is 11.4 Å². The van der Waals surface area contributed by atoms with Crippen LogP contribution in [0.3, 0.4) is 0 Å². The molecule has 0 amide bonds. The van der Waals surface area contributed by atoms with Crippen molar-refractivity contribution in [3.63, 3.8) is 0 Å². The topological polar surface area (TPSA) is 34.0 Å². The second kappa shape index (κ2) is 4.55. The number of hydrogen-bond donors (Lipinski definition) is 0. The maximum atomic E-state index is 14.2. The lowest BCUT2D eigenvalue weighted by molar-refractivity contribution is 0.382. The maximum absolute atomic E-state index is 14.2. The third-order valence-corrected chi connectivity index (χ3v) is 4.64. The Bertz CT molecular complexity index is 667. The Labute approximate surface area is 123 Å². The van der Waals surface area contributed by atoms with Gasteiger partial charge >= 0.3 is 0 Å². The van der Waals surface area contributed by atoms with Crippen LogP contribution in [0.15, 0.2) is 24.4 Å². The SMILES string of the molecule is CCc1ccn(Cc2ccc(N3CC4(CC4)C3)nc2F)n1. The summed E-state index contributed by atoms with van der Waals surface area (Å²) in [6.45, 7) is 4.57. The Kier molecular flexibility index (Phi) is 2.77. The van der Waals surface area contributed by atoms with E-state index >= 15 is 0 Å². The molecule has 2 fully saturated rings. The molecule has 2 aromatic rings. The summed E-state index contributed by atoms with van der Waals surface area (Å²) < 4.78 is 15.9. The Balaban J connectivity index is 1.48. The molecule has 21 heavy (non-hydrogen) atoms. The van der Waals surface area contributed by atoms with E-state index in [2.05, 4.69) is 21.9 Å². The second-order valence-electron chi connectivity index (χ2n) is 6.33. The maximum Gasteiger partial charge on any atom is 0.219 e. The first-order valence-electron chi connectivity index (χ1n) is 7.60. The molecule has 3 heterocycles. The zero-order chi connectivity index (χ0) is 14.4. The van der Waals surface area contributed by atoms with Crippen molar-refractivity contribution in [1.82, 2.24) is 14.8 Å². The Hall–Kier alpha value is -1.91. The third kappa shape index (κ3) is 2.30. The van der Waals surface area contributed by atoms with Gasteiger partial charge in [-0.25, -0.2) is 4.98 Å².